The van der Waals surface area contributed by atoms with E-state index in [-0.39, 0.29) is 30.5 Å². The Labute approximate surface area is 219 Å². The number of fused-ring (bicyclic) bond motifs is 3. The van der Waals surface area contributed by atoms with Crippen LogP contribution < -0.4 is 5.32 Å². The van der Waals surface area contributed by atoms with Crippen molar-refractivity contribution in [1.82, 2.24) is 14.8 Å². The highest BCUT2D eigenvalue weighted by Crippen LogP contribution is 2.46. The first-order valence-electron chi connectivity index (χ1n) is 13.0. The lowest BCUT2D eigenvalue weighted by atomic mass is 9.79. The second kappa shape index (κ2) is 8.98. The second-order valence-corrected chi connectivity index (χ2v) is 10.7. The molecule has 8 nitrogen and oxygen atoms in total. The molecule has 1 saturated carbocycles. The molecule has 0 radical (unpaired) electrons. The number of nitrogens with zero attached hydrogens (tertiary/aromatic N) is 3. The van der Waals surface area contributed by atoms with E-state index >= 15 is 0 Å². The van der Waals surface area contributed by atoms with Gasteiger partial charge in [-0.2, -0.15) is 5.26 Å². The summed E-state index contributed by atoms with van der Waals surface area (Å²) in [4.78, 5) is 46.7. The minimum atomic E-state index is -0.995. The van der Waals surface area contributed by atoms with Gasteiger partial charge >= 0.3 is 0 Å². The number of amides is 3. The molecule has 1 aromatic heterocycles. The van der Waals surface area contributed by atoms with E-state index in [9.17, 15) is 24.0 Å². The first-order valence-corrected chi connectivity index (χ1v) is 13.0. The summed E-state index contributed by atoms with van der Waals surface area (Å²) in [5, 5.41) is 13.2. The number of carbonyl (C=O) groups is 3. The number of hydrogen-bond acceptors (Lipinski definition) is 4. The van der Waals surface area contributed by atoms with Crippen LogP contribution >= 0.6 is 0 Å². The van der Waals surface area contributed by atoms with Crippen LogP contribution in [0, 0.1) is 23.1 Å². The Morgan fingerprint density at radius 1 is 1.24 bits per heavy atom. The summed E-state index contributed by atoms with van der Waals surface area (Å²) in [7, 11) is 1.58. The number of rotatable bonds is 5. The molecule has 38 heavy (non-hydrogen) atoms. The average molecular weight is 514 g/mol. The van der Waals surface area contributed by atoms with Crippen molar-refractivity contribution in [3.8, 4) is 6.07 Å². The Kier molecular flexibility index (Phi) is 5.71. The lowest BCUT2D eigenvalue weighted by Crippen LogP contribution is -2.52. The molecule has 3 heterocycles. The number of anilines is 1. The van der Waals surface area contributed by atoms with Gasteiger partial charge in [-0.3, -0.25) is 14.4 Å². The normalized spacial score (nSPS) is 23.1. The maximum absolute atomic E-state index is 14.3. The molecule has 194 valence electrons. The number of aromatic amines is 1. The van der Waals surface area contributed by atoms with Gasteiger partial charge in [-0.15, -0.1) is 0 Å². The van der Waals surface area contributed by atoms with Crippen LogP contribution in [0.4, 0.5) is 10.1 Å². The van der Waals surface area contributed by atoms with Gasteiger partial charge in [0.25, 0.3) is 5.91 Å². The molecule has 3 aromatic rings. The van der Waals surface area contributed by atoms with Gasteiger partial charge in [0.2, 0.25) is 11.8 Å². The Morgan fingerprint density at radius 2 is 2.03 bits per heavy atom. The van der Waals surface area contributed by atoms with Crippen LogP contribution in [0.5, 0.6) is 0 Å². The van der Waals surface area contributed by atoms with Crippen molar-refractivity contribution in [1.29, 1.82) is 5.26 Å². The van der Waals surface area contributed by atoms with E-state index in [0.29, 0.717) is 28.9 Å². The van der Waals surface area contributed by atoms with E-state index in [1.165, 1.54) is 21.9 Å². The summed E-state index contributed by atoms with van der Waals surface area (Å²) in [6, 6.07) is 14.1. The van der Waals surface area contributed by atoms with Gasteiger partial charge < -0.3 is 20.1 Å². The summed E-state index contributed by atoms with van der Waals surface area (Å²) >= 11 is 0. The summed E-state index contributed by atoms with van der Waals surface area (Å²) in [6.45, 7) is 0.0771. The number of likely N-dealkylation sites (tertiary alicyclic amines) is 1. The number of halogens is 1. The highest BCUT2D eigenvalue weighted by atomic mass is 19.1. The van der Waals surface area contributed by atoms with Crippen molar-refractivity contribution in [3.63, 3.8) is 0 Å². The zero-order valence-corrected chi connectivity index (χ0v) is 21.0. The van der Waals surface area contributed by atoms with Crippen molar-refractivity contribution in [3.05, 3.63) is 65.6 Å². The van der Waals surface area contributed by atoms with Gasteiger partial charge in [0.05, 0.1) is 11.5 Å². The zero-order chi connectivity index (χ0) is 26.6. The van der Waals surface area contributed by atoms with Crippen molar-refractivity contribution >= 4 is 34.3 Å². The van der Waals surface area contributed by atoms with Gasteiger partial charge in [0.1, 0.15) is 23.6 Å². The minimum absolute atomic E-state index is 0.0771. The third-order valence-corrected chi connectivity index (χ3v) is 8.61. The Balaban J connectivity index is 1.32. The van der Waals surface area contributed by atoms with E-state index in [2.05, 4.69) is 16.4 Å². The molecule has 2 fully saturated rings. The summed E-state index contributed by atoms with van der Waals surface area (Å²) in [5.74, 6) is -1.11. The molecule has 3 amide bonds. The molecular formula is C29H28FN5O3. The van der Waals surface area contributed by atoms with Crippen molar-refractivity contribution < 1.29 is 18.8 Å². The van der Waals surface area contributed by atoms with Crippen LogP contribution in [0.25, 0.3) is 10.9 Å². The fourth-order valence-electron chi connectivity index (χ4n) is 6.21. The smallest absolute Gasteiger partial charge is 0.270 e. The quantitative estimate of drug-likeness (QED) is 0.538. The first kappa shape index (κ1) is 24.2. The fraction of sp³-hybridized carbons (Fsp3) is 0.379. The topological polar surface area (TPSA) is 109 Å². The largest absolute Gasteiger partial charge is 0.350 e. The Morgan fingerprint density at radius 3 is 2.74 bits per heavy atom. The average Bonchev–Trinajstić information content (AvgIpc) is 3.58. The number of aromatic nitrogens is 1. The fourth-order valence-corrected chi connectivity index (χ4v) is 6.21. The number of H-pyrrole nitrogens is 1. The predicted molar refractivity (Wildman–Crippen MR) is 139 cm³/mol. The molecule has 0 unspecified atom stereocenters. The van der Waals surface area contributed by atoms with Crippen LogP contribution in [0.2, 0.25) is 0 Å². The van der Waals surface area contributed by atoms with Crippen LogP contribution in [-0.2, 0) is 15.0 Å². The van der Waals surface area contributed by atoms with E-state index in [1.54, 1.807) is 19.2 Å². The molecular weight excluding hydrogens is 485 g/mol. The van der Waals surface area contributed by atoms with Gasteiger partial charge in [-0.25, -0.2) is 4.39 Å². The highest BCUT2D eigenvalue weighted by Gasteiger charge is 2.56. The number of para-hydroxylation sites is 1. The zero-order valence-electron chi connectivity index (χ0n) is 21.0. The maximum atomic E-state index is 14.3. The van der Waals surface area contributed by atoms with Gasteiger partial charge in [0.15, 0.2) is 0 Å². The lowest BCUT2D eigenvalue weighted by Gasteiger charge is -2.36. The number of likely N-dealkylation sites (N-methyl/N-ethyl adjacent to an activating group) is 1. The number of hydrogen-bond donors (Lipinski definition) is 2. The molecule has 2 aromatic carbocycles. The Hall–Kier alpha value is -4.19. The van der Waals surface area contributed by atoms with Crippen molar-refractivity contribution in [2.75, 3.05) is 18.9 Å². The standard InChI is InChI=1S/C29H28FN5O3/c1-34(26(36)24-13-19-21(30)9-5-11-22(19)32-24)25(12-17-6-4-7-17)27(37)35-16-29(14-18(35)15-31)20-8-2-3-10-23(20)33-28(29)38/h2-3,5,8-11,13,17-18,25,32H,4,6-7,12,14,16H2,1H3,(H,33,38)/t18-,25-,29-/m0/s1. The number of benzene rings is 2. The predicted octanol–water partition coefficient (Wildman–Crippen LogP) is 3.95. The first-order chi connectivity index (χ1) is 18.3. The van der Waals surface area contributed by atoms with Gasteiger partial charge in [0, 0.05) is 36.6 Å². The van der Waals surface area contributed by atoms with Crippen molar-refractivity contribution in [2.24, 2.45) is 5.92 Å². The van der Waals surface area contributed by atoms with E-state index in [1.807, 2.05) is 24.3 Å². The number of nitrogens with one attached hydrogen (secondary N) is 2. The molecule has 3 aliphatic rings. The number of carbonyl (C=O) groups excluding carboxylic acids is 3. The molecule has 1 aliphatic carbocycles. The highest BCUT2D eigenvalue weighted by molar-refractivity contribution is 6.07. The summed E-state index contributed by atoms with van der Waals surface area (Å²) in [6.07, 6.45) is 3.71. The number of nitriles is 1. The maximum Gasteiger partial charge on any atom is 0.270 e. The van der Waals surface area contributed by atoms with Crippen LogP contribution in [-0.4, -0.2) is 58.2 Å². The van der Waals surface area contributed by atoms with E-state index < -0.39 is 29.2 Å². The molecule has 1 saturated heterocycles. The van der Waals surface area contributed by atoms with Gasteiger partial charge in [-0.1, -0.05) is 43.5 Å². The van der Waals surface area contributed by atoms with E-state index in [4.69, 9.17) is 0 Å². The molecule has 6 rings (SSSR count). The van der Waals surface area contributed by atoms with Crippen LogP contribution in [0.1, 0.15) is 48.2 Å². The van der Waals surface area contributed by atoms with E-state index in [0.717, 1.165) is 24.8 Å². The molecule has 1 spiro atoms. The third kappa shape index (κ3) is 3.66. The minimum Gasteiger partial charge on any atom is -0.350 e. The molecule has 2 aliphatic heterocycles. The molecule has 3 atom stereocenters. The molecule has 2 N–H and O–H groups in total. The van der Waals surface area contributed by atoms with Gasteiger partial charge in [-0.05, 0) is 42.2 Å². The van der Waals surface area contributed by atoms with Crippen molar-refractivity contribution in [2.45, 2.75) is 49.6 Å². The monoisotopic (exact) mass is 513 g/mol. The third-order valence-electron chi connectivity index (χ3n) is 8.61. The summed E-state index contributed by atoms with van der Waals surface area (Å²) < 4.78 is 14.3. The Bertz CT molecular complexity index is 1510. The molecule has 0 bridgehead atoms. The SMILES string of the molecule is CN(C(=O)c1cc2c(F)cccc2[nH]1)[C@@H](CC1CCC1)C(=O)N1C[C@]2(C[C@H]1C#N)C(=O)Nc1ccccc12. The summed E-state index contributed by atoms with van der Waals surface area (Å²) in [5.41, 5.74) is 1.19. The molecule has 9 heteroatoms. The van der Waals surface area contributed by atoms with Crippen LogP contribution in [0.3, 0.4) is 0 Å². The lowest BCUT2D eigenvalue weighted by molar-refractivity contribution is -0.137. The van der Waals surface area contributed by atoms with Crippen LogP contribution in [0.15, 0.2) is 48.5 Å². The second-order valence-electron chi connectivity index (χ2n) is 10.7.